The van der Waals surface area contributed by atoms with Gasteiger partial charge >= 0.3 is 0 Å². The van der Waals surface area contributed by atoms with E-state index in [1.54, 1.807) is 24.3 Å². The predicted molar refractivity (Wildman–Crippen MR) is 107 cm³/mol. The highest BCUT2D eigenvalue weighted by Gasteiger charge is 2.26. The topological polar surface area (TPSA) is 87.7 Å². The van der Waals surface area contributed by atoms with Gasteiger partial charge in [-0.2, -0.15) is 0 Å². The molecular weight excluding hydrogens is 356 g/mol. The molecule has 2 atom stereocenters. The largest absolute Gasteiger partial charge is 0.386 e. The van der Waals surface area contributed by atoms with Crippen LogP contribution in [0.1, 0.15) is 48.4 Å². The van der Waals surface area contributed by atoms with Crippen LogP contribution in [0.15, 0.2) is 48.5 Å². The summed E-state index contributed by atoms with van der Waals surface area (Å²) in [5.74, 6) is -0.432. The van der Waals surface area contributed by atoms with Gasteiger partial charge in [-0.05, 0) is 40.8 Å². The Morgan fingerprint density at radius 1 is 1.14 bits per heavy atom. The first-order valence-electron chi connectivity index (χ1n) is 9.31. The monoisotopic (exact) mass is 382 g/mol. The zero-order chi connectivity index (χ0) is 20.3. The Balaban J connectivity index is 1.63. The summed E-state index contributed by atoms with van der Waals surface area (Å²) in [6.45, 7) is 6.66. The molecule has 2 aromatic rings. The normalized spacial score (nSPS) is 18.3. The quantitative estimate of drug-likeness (QED) is 0.759. The van der Waals surface area contributed by atoms with Gasteiger partial charge in [0.2, 0.25) is 5.91 Å². The molecule has 0 spiro atoms. The number of hydrogen-bond donors (Lipinski definition) is 3. The van der Waals surface area contributed by atoms with Crippen molar-refractivity contribution < 1.29 is 19.4 Å². The molecule has 2 amide bonds. The maximum absolute atomic E-state index is 12.5. The van der Waals surface area contributed by atoms with Gasteiger partial charge in [-0.1, -0.05) is 45.0 Å². The summed E-state index contributed by atoms with van der Waals surface area (Å²) in [5, 5.41) is 16.0. The van der Waals surface area contributed by atoms with Crippen LogP contribution in [-0.4, -0.2) is 36.2 Å². The zero-order valence-corrected chi connectivity index (χ0v) is 16.4. The summed E-state index contributed by atoms with van der Waals surface area (Å²) in [6, 6.07) is 14.0. The number of ether oxygens (including phenoxy) is 1. The number of aliphatic hydroxyl groups excluding tert-OH is 1. The number of amides is 2. The second-order valence-electron chi connectivity index (χ2n) is 8.04. The van der Waals surface area contributed by atoms with Crippen LogP contribution in [0, 0.1) is 0 Å². The molecule has 3 rings (SSSR count). The summed E-state index contributed by atoms with van der Waals surface area (Å²) in [7, 11) is 0. The number of hydrogen-bond acceptors (Lipinski definition) is 4. The van der Waals surface area contributed by atoms with Crippen LogP contribution < -0.4 is 10.6 Å². The third-order valence-electron chi connectivity index (χ3n) is 4.78. The smallest absolute Gasteiger partial charge is 0.255 e. The molecule has 6 heteroatoms. The molecule has 3 N–H and O–H groups in total. The summed E-state index contributed by atoms with van der Waals surface area (Å²) in [6.07, 6.45) is -0.876. The predicted octanol–water partition coefficient (Wildman–Crippen LogP) is 2.78. The second kappa shape index (κ2) is 8.12. The minimum atomic E-state index is -0.876. The molecule has 6 nitrogen and oxygen atoms in total. The van der Waals surface area contributed by atoms with Gasteiger partial charge in [-0.3, -0.25) is 9.59 Å². The van der Waals surface area contributed by atoms with E-state index in [0.717, 1.165) is 0 Å². The standard InChI is InChI=1S/C22H26N2O4/c1-22(2,3)16-8-4-15(5-9-16)21(27)23-17-10-6-14(7-11-17)20(26)18-12-28-13-19(25)24-18/h4-11,18,20,26H,12-13H2,1-3H3,(H,23,27)(H,24,25)/t18-,20-/m1/s1. The maximum Gasteiger partial charge on any atom is 0.255 e. The molecule has 0 saturated carbocycles. The highest BCUT2D eigenvalue weighted by Crippen LogP contribution is 2.23. The fraction of sp³-hybridized carbons (Fsp3) is 0.364. The Morgan fingerprint density at radius 3 is 2.36 bits per heavy atom. The molecule has 0 aromatic heterocycles. The van der Waals surface area contributed by atoms with Crippen LogP contribution in [0.2, 0.25) is 0 Å². The van der Waals surface area contributed by atoms with Crippen molar-refractivity contribution in [2.24, 2.45) is 0 Å². The van der Waals surface area contributed by atoms with Crippen molar-refractivity contribution in [2.75, 3.05) is 18.5 Å². The molecule has 1 aliphatic rings. The number of rotatable bonds is 4. The van der Waals surface area contributed by atoms with Gasteiger partial charge < -0.3 is 20.5 Å². The number of anilines is 1. The van der Waals surface area contributed by atoms with Crippen molar-refractivity contribution in [3.63, 3.8) is 0 Å². The van der Waals surface area contributed by atoms with Crippen LogP contribution in [0.3, 0.4) is 0 Å². The molecule has 28 heavy (non-hydrogen) atoms. The fourth-order valence-corrected chi connectivity index (χ4v) is 3.06. The lowest BCUT2D eigenvalue weighted by Gasteiger charge is -2.28. The zero-order valence-electron chi connectivity index (χ0n) is 16.4. The van der Waals surface area contributed by atoms with Crippen LogP contribution in [0.5, 0.6) is 0 Å². The van der Waals surface area contributed by atoms with E-state index in [1.807, 2.05) is 24.3 Å². The van der Waals surface area contributed by atoms with Crippen LogP contribution >= 0.6 is 0 Å². The summed E-state index contributed by atoms with van der Waals surface area (Å²) in [4.78, 5) is 23.9. The summed E-state index contributed by atoms with van der Waals surface area (Å²) < 4.78 is 5.16. The Labute approximate surface area is 164 Å². The molecule has 0 radical (unpaired) electrons. The Kier molecular flexibility index (Phi) is 5.82. The number of nitrogens with one attached hydrogen (secondary N) is 2. The van der Waals surface area contributed by atoms with Crippen LogP contribution in [0.25, 0.3) is 0 Å². The Hall–Kier alpha value is -2.70. The Bertz CT molecular complexity index is 838. The van der Waals surface area contributed by atoms with E-state index in [9.17, 15) is 14.7 Å². The molecule has 0 aliphatic carbocycles. The van der Waals surface area contributed by atoms with E-state index in [4.69, 9.17) is 4.74 Å². The van der Waals surface area contributed by atoms with Gasteiger partial charge in [0.05, 0.1) is 12.6 Å². The Morgan fingerprint density at radius 2 is 1.79 bits per heavy atom. The van der Waals surface area contributed by atoms with Crippen molar-refractivity contribution in [3.8, 4) is 0 Å². The van der Waals surface area contributed by atoms with E-state index in [-0.39, 0.29) is 30.4 Å². The first-order valence-corrected chi connectivity index (χ1v) is 9.31. The average molecular weight is 382 g/mol. The molecule has 0 unspecified atom stereocenters. The fourth-order valence-electron chi connectivity index (χ4n) is 3.06. The molecular formula is C22H26N2O4. The van der Waals surface area contributed by atoms with Crippen molar-refractivity contribution >= 4 is 17.5 Å². The van der Waals surface area contributed by atoms with Gasteiger partial charge in [0.25, 0.3) is 5.91 Å². The van der Waals surface area contributed by atoms with Gasteiger partial charge in [0.15, 0.2) is 0 Å². The SMILES string of the molecule is CC(C)(C)c1ccc(C(=O)Nc2ccc([C@@H](O)[C@H]3COCC(=O)N3)cc2)cc1. The average Bonchev–Trinajstić information content (AvgIpc) is 2.67. The number of aliphatic hydroxyl groups is 1. The first-order chi connectivity index (χ1) is 13.2. The lowest BCUT2D eigenvalue weighted by atomic mass is 9.87. The maximum atomic E-state index is 12.5. The lowest BCUT2D eigenvalue weighted by Crippen LogP contribution is -2.48. The van der Waals surface area contributed by atoms with Crippen molar-refractivity contribution in [1.29, 1.82) is 0 Å². The number of carbonyl (C=O) groups is 2. The molecule has 1 heterocycles. The van der Waals surface area contributed by atoms with E-state index >= 15 is 0 Å². The minimum Gasteiger partial charge on any atom is -0.386 e. The minimum absolute atomic E-state index is 0.0188. The van der Waals surface area contributed by atoms with Gasteiger partial charge in [-0.15, -0.1) is 0 Å². The third-order valence-corrected chi connectivity index (χ3v) is 4.78. The molecule has 1 saturated heterocycles. The molecule has 0 bridgehead atoms. The molecule has 1 fully saturated rings. The lowest BCUT2D eigenvalue weighted by molar-refractivity contribution is -0.133. The summed E-state index contributed by atoms with van der Waals surface area (Å²) >= 11 is 0. The van der Waals surface area contributed by atoms with Crippen molar-refractivity contribution in [3.05, 3.63) is 65.2 Å². The highest BCUT2D eigenvalue weighted by molar-refractivity contribution is 6.04. The van der Waals surface area contributed by atoms with E-state index in [2.05, 4.69) is 31.4 Å². The molecule has 1 aliphatic heterocycles. The van der Waals surface area contributed by atoms with E-state index in [0.29, 0.717) is 16.8 Å². The third kappa shape index (κ3) is 4.77. The van der Waals surface area contributed by atoms with Gasteiger partial charge in [0, 0.05) is 11.3 Å². The highest BCUT2D eigenvalue weighted by atomic mass is 16.5. The van der Waals surface area contributed by atoms with Crippen LogP contribution in [-0.2, 0) is 14.9 Å². The van der Waals surface area contributed by atoms with Gasteiger partial charge in [-0.25, -0.2) is 0 Å². The molecule has 2 aromatic carbocycles. The van der Waals surface area contributed by atoms with Crippen molar-refractivity contribution in [2.45, 2.75) is 38.3 Å². The van der Waals surface area contributed by atoms with Crippen LogP contribution in [0.4, 0.5) is 5.69 Å². The number of carbonyl (C=O) groups excluding carboxylic acids is 2. The summed E-state index contributed by atoms with van der Waals surface area (Å²) in [5.41, 5.74) is 3.06. The number of morpholine rings is 1. The van der Waals surface area contributed by atoms with Crippen molar-refractivity contribution in [1.82, 2.24) is 5.32 Å². The van der Waals surface area contributed by atoms with E-state index < -0.39 is 12.1 Å². The second-order valence-corrected chi connectivity index (χ2v) is 8.04. The molecule has 148 valence electrons. The van der Waals surface area contributed by atoms with E-state index in [1.165, 1.54) is 5.56 Å². The van der Waals surface area contributed by atoms with Gasteiger partial charge in [0.1, 0.15) is 12.7 Å². The number of benzene rings is 2. The first kappa shape index (κ1) is 20.0.